The molecule has 0 aliphatic carbocycles. The lowest BCUT2D eigenvalue weighted by atomic mass is 10.3. The maximum Gasteiger partial charge on any atom is 0.274 e. The van der Waals surface area contributed by atoms with E-state index in [-0.39, 0.29) is 5.28 Å². The van der Waals surface area contributed by atoms with Gasteiger partial charge < -0.3 is 10.2 Å². The largest absolute Gasteiger partial charge is 0.365 e. The summed E-state index contributed by atoms with van der Waals surface area (Å²) in [5.41, 5.74) is 0.854. The highest BCUT2D eigenvalue weighted by atomic mass is 35.5. The maximum absolute atomic E-state index is 10.4. The van der Waals surface area contributed by atoms with Gasteiger partial charge in [0.1, 0.15) is 0 Å². The summed E-state index contributed by atoms with van der Waals surface area (Å²) in [5.74, 6) is 0.505. The normalized spacial score (nSPS) is 17.2. The van der Waals surface area contributed by atoms with Crippen molar-refractivity contribution < 1.29 is 4.92 Å². The van der Waals surface area contributed by atoms with Crippen LogP contribution in [-0.2, 0) is 6.54 Å². The van der Waals surface area contributed by atoms with E-state index < -0.39 is 4.92 Å². The average molecular weight is 256 g/mol. The van der Waals surface area contributed by atoms with Crippen molar-refractivity contribution in [2.45, 2.75) is 6.54 Å². The van der Waals surface area contributed by atoms with Crippen molar-refractivity contribution in [2.75, 3.05) is 13.1 Å². The molecule has 0 saturated carbocycles. The number of hydrogen-bond donors (Lipinski definition) is 1. The van der Waals surface area contributed by atoms with Crippen molar-refractivity contribution in [2.24, 2.45) is 0 Å². The summed E-state index contributed by atoms with van der Waals surface area (Å²) in [6, 6.07) is 0. The van der Waals surface area contributed by atoms with E-state index in [9.17, 15) is 10.1 Å². The van der Waals surface area contributed by atoms with Crippen LogP contribution in [0.5, 0.6) is 0 Å². The number of nitro groups is 1. The molecule has 1 N–H and O–H groups in total. The minimum Gasteiger partial charge on any atom is -0.365 e. The average Bonchev–Trinajstić information content (AvgIpc) is 2.68. The van der Waals surface area contributed by atoms with Gasteiger partial charge in [0.15, 0.2) is 5.82 Å². The van der Waals surface area contributed by atoms with Crippen LogP contribution in [0.15, 0.2) is 24.4 Å². The van der Waals surface area contributed by atoms with Crippen LogP contribution >= 0.6 is 11.6 Å². The van der Waals surface area contributed by atoms with Crippen LogP contribution in [0, 0.1) is 10.1 Å². The predicted octanol–water partition coefficient (Wildman–Crippen LogP) is 0.611. The van der Waals surface area contributed by atoms with E-state index in [4.69, 9.17) is 11.6 Å². The van der Waals surface area contributed by atoms with Gasteiger partial charge in [0.25, 0.3) is 6.20 Å². The lowest BCUT2D eigenvalue weighted by Gasteiger charge is -2.16. The minimum atomic E-state index is -0.473. The number of hydrogen-bond acceptors (Lipinski definition) is 6. The Kier molecular flexibility index (Phi) is 3.38. The van der Waals surface area contributed by atoms with Gasteiger partial charge in [-0.1, -0.05) is 0 Å². The topological polar surface area (TPSA) is 84.2 Å². The fourth-order valence-corrected chi connectivity index (χ4v) is 1.68. The maximum atomic E-state index is 10.4. The number of rotatable bonds is 3. The van der Waals surface area contributed by atoms with Crippen molar-refractivity contribution in [1.82, 2.24) is 20.2 Å². The Labute approximate surface area is 102 Å². The molecule has 1 aliphatic rings. The van der Waals surface area contributed by atoms with Gasteiger partial charge in [-0.25, -0.2) is 9.97 Å². The molecule has 0 radical (unpaired) electrons. The van der Waals surface area contributed by atoms with Crippen LogP contribution in [-0.4, -0.2) is 32.9 Å². The summed E-state index contributed by atoms with van der Waals surface area (Å²) in [6.07, 6.45) is 4.18. The molecule has 0 aromatic carbocycles. The van der Waals surface area contributed by atoms with Gasteiger partial charge in [0.05, 0.1) is 4.92 Å². The molecule has 0 unspecified atom stereocenters. The van der Waals surface area contributed by atoms with Crippen LogP contribution < -0.4 is 5.32 Å². The first-order chi connectivity index (χ1) is 8.15. The molecule has 1 aliphatic heterocycles. The lowest BCUT2D eigenvalue weighted by Crippen LogP contribution is -2.20. The summed E-state index contributed by atoms with van der Waals surface area (Å²) in [6.45, 7) is 1.92. The number of nitrogens with one attached hydrogen (secondary N) is 1. The lowest BCUT2D eigenvalue weighted by molar-refractivity contribution is -0.404. The van der Waals surface area contributed by atoms with Crippen LogP contribution in [0.3, 0.4) is 0 Å². The van der Waals surface area contributed by atoms with Crippen molar-refractivity contribution >= 4 is 11.6 Å². The van der Waals surface area contributed by atoms with E-state index in [0.29, 0.717) is 25.5 Å². The molecule has 1 saturated heterocycles. The van der Waals surface area contributed by atoms with Gasteiger partial charge in [-0.15, -0.1) is 0 Å². The minimum absolute atomic E-state index is 0.189. The number of aromatic nitrogens is 2. The second-order valence-corrected chi connectivity index (χ2v) is 3.85. The molecule has 1 aromatic heterocycles. The third kappa shape index (κ3) is 3.04. The molecule has 0 atom stereocenters. The van der Waals surface area contributed by atoms with Gasteiger partial charge in [0.2, 0.25) is 5.28 Å². The first kappa shape index (κ1) is 11.6. The third-order valence-electron chi connectivity index (χ3n) is 2.30. The molecule has 90 valence electrons. The summed E-state index contributed by atoms with van der Waals surface area (Å²) < 4.78 is 0. The van der Waals surface area contributed by atoms with Crippen molar-refractivity contribution in [3.8, 4) is 0 Å². The van der Waals surface area contributed by atoms with Gasteiger partial charge in [0, 0.05) is 37.6 Å². The first-order valence-electron chi connectivity index (χ1n) is 4.96. The SMILES string of the molecule is O=[N+]([O-])/C=C1\NCCN1Cc1cnc(Cl)nc1. The number of nitrogens with zero attached hydrogens (tertiary/aromatic N) is 4. The van der Waals surface area contributed by atoms with E-state index in [1.807, 2.05) is 4.90 Å². The highest BCUT2D eigenvalue weighted by Gasteiger charge is 2.19. The molecule has 8 heteroatoms. The fourth-order valence-electron chi connectivity index (χ4n) is 1.58. The predicted molar refractivity (Wildman–Crippen MR) is 60.5 cm³/mol. The third-order valence-corrected chi connectivity index (χ3v) is 2.50. The fraction of sp³-hybridized carbons (Fsp3) is 0.333. The summed E-state index contributed by atoms with van der Waals surface area (Å²) in [4.78, 5) is 19.5. The zero-order valence-corrected chi connectivity index (χ0v) is 9.59. The molecular formula is C9H10ClN5O2. The van der Waals surface area contributed by atoms with E-state index in [1.54, 1.807) is 12.4 Å². The molecule has 2 rings (SSSR count). The van der Waals surface area contributed by atoms with Gasteiger partial charge in [-0.3, -0.25) is 10.1 Å². The molecule has 1 aromatic rings. The van der Waals surface area contributed by atoms with Crippen LogP contribution in [0.1, 0.15) is 5.56 Å². The van der Waals surface area contributed by atoms with Crippen molar-refractivity contribution in [1.29, 1.82) is 0 Å². The molecule has 0 bridgehead atoms. The Morgan fingerprint density at radius 2 is 2.29 bits per heavy atom. The summed E-state index contributed by atoms with van der Waals surface area (Å²) in [7, 11) is 0. The second-order valence-electron chi connectivity index (χ2n) is 3.51. The Bertz CT molecular complexity index is 447. The van der Waals surface area contributed by atoms with Crippen molar-refractivity contribution in [3.63, 3.8) is 0 Å². The zero-order chi connectivity index (χ0) is 12.3. The Balaban J connectivity index is 2.07. The van der Waals surface area contributed by atoms with Crippen LogP contribution in [0.4, 0.5) is 0 Å². The van der Waals surface area contributed by atoms with Gasteiger partial charge >= 0.3 is 0 Å². The number of halogens is 1. The molecule has 1 fully saturated rings. The quantitative estimate of drug-likeness (QED) is 0.484. The van der Waals surface area contributed by atoms with E-state index in [2.05, 4.69) is 15.3 Å². The Morgan fingerprint density at radius 1 is 1.59 bits per heavy atom. The molecule has 17 heavy (non-hydrogen) atoms. The second kappa shape index (κ2) is 4.96. The monoisotopic (exact) mass is 255 g/mol. The molecule has 0 amide bonds. The Hall–Kier alpha value is -1.89. The van der Waals surface area contributed by atoms with Crippen LogP contribution in [0.2, 0.25) is 5.28 Å². The van der Waals surface area contributed by atoms with Gasteiger partial charge in [-0.2, -0.15) is 0 Å². The van der Waals surface area contributed by atoms with Gasteiger partial charge in [-0.05, 0) is 11.6 Å². The Morgan fingerprint density at radius 3 is 2.94 bits per heavy atom. The van der Waals surface area contributed by atoms with Crippen LogP contribution in [0.25, 0.3) is 0 Å². The molecule has 0 spiro atoms. The molecular weight excluding hydrogens is 246 g/mol. The summed E-state index contributed by atoms with van der Waals surface area (Å²) >= 11 is 5.58. The zero-order valence-electron chi connectivity index (χ0n) is 8.84. The highest BCUT2D eigenvalue weighted by molar-refractivity contribution is 6.28. The molecule has 2 heterocycles. The van der Waals surface area contributed by atoms with E-state index in [1.165, 1.54) is 0 Å². The smallest absolute Gasteiger partial charge is 0.274 e. The summed E-state index contributed by atoms with van der Waals surface area (Å²) in [5, 5.41) is 13.6. The first-order valence-corrected chi connectivity index (χ1v) is 5.33. The highest BCUT2D eigenvalue weighted by Crippen LogP contribution is 2.12. The van der Waals surface area contributed by atoms with E-state index in [0.717, 1.165) is 11.8 Å². The standard InChI is InChI=1S/C9H10ClN5O2/c10-9-12-3-7(4-13-9)5-14-2-1-11-8(14)6-15(16)17/h3-4,6,11H,1-2,5H2/b8-6+. The molecule has 7 nitrogen and oxygen atoms in total. The van der Waals surface area contributed by atoms with E-state index >= 15 is 0 Å². The van der Waals surface area contributed by atoms with Crippen molar-refractivity contribution in [3.05, 3.63) is 45.4 Å².